The van der Waals surface area contributed by atoms with E-state index in [2.05, 4.69) is 28.2 Å². The van der Waals surface area contributed by atoms with Crippen molar-refractivity contribution in [1.29, 1.82) is 0 Å². The first kappa shape index (κ1) is 12.3. The van der Waals surface area contributed by atoms with Gasteiger partial charge < -0.3 is 4.40 Å². The Kier molecular flexibility index (Phi) is 3.16. The second-order valence-electron chi connectivity index (χ2n) is 4.60. The van der Waals surface area contributed by atoms with Gasteiger partial charge in [-0.05, 0) is 37.1 Å². The summed E-state index contributed by atoms with van der Waals surface area (Å²) < 4.78 is 3.91. The molecule has 0 aliphatic rings. The van der Waals surface area contributed by atoms with Gasteiger partial charge in [-0.2, -0.15) is 0 Å². The minimum absolute atomic E-state index is 0.933. The normalized spacial score (nSPS) is 10.5. The Balaban J connectivity index is 0.000000121. The molecule has 4 heterocycles. The van der Waals surface area contributed by atoms with E-state index in [9.17, 15) is 0 Å². The van der Waals surface area contributed by atoms with E-state index in [1.165, 1.54) is 5.56 Å². The second-order valence-corrected chi connectivity index (χ2v) is 4.60. The molecule has 0 aliphatic carbocycles. The number of rotatable bonds is 0. The molecule has 4 aromatic heterocycles. The fourth-order valence-corrected chi connectivity index (χ4v) is 2.08. The maximum atomic E-state index is 4.18. The van der Waals surface area contributed by atoms with Crippen LogP contribution in [0.4, 0.5) is 0 Å². The summed E-state index contributed by atoms with van der Waals surface area (Å²) in [4.78, 5) is 4.18. The van der Waals surface area contributed by atoms with Crippen LogP contribution in [0.15, 0.2) is 55.4 Å². The molecule has 4 rings (SSSR count). The maximum Gasteiger partial charge on any atom is 0.163 e. The third-order valence-electron chi connectivity index (χ3n) is 3.13. The zero-order chi connectivity index (χ0) is 13.9. The van der Waals surface area contributed by atoms with Crippen molar-refractivity contribution in [3.63, 3.8) is 0 Å². The van der Waals surface area contributed by atoms with Gasteiger partial charge in [0, 0.05) is 24.8 Å². The van der Waals surface area contributed by atoms with Crippen molar-refractivity contribution in [2.75, 3.05) is 0 Å². The molecule has 5 nitrogen and oxygen atoms in total. The van der Waals surface area contributed by atoms with Crippen LogP contribution in [0.3, 0.4) is 0 Å². The first-order valence-corrected chi connectivity index (χ1v) is 6.39. The maximum absolute atomic E-state index is 4.18. The lowest BCUT2D eigenvalue weighted by Crippen LogP contribution is -1.83. The molecular weight excluding hydrogens is 250 g/mol. The molecule has 5 heteroatoms. The Morgan fingerprint density at radius 2 is 1.55 bits per heavy atom. The van der Waals surface area contributed by atoms with Crippen molar-refractivity contribution in [1.82, 2.24) is 24.0 Å². The average Bonchev–Trinajstić information content (AvgIpc) is 3.08. The number of aromatic nitrogens is 5. The van der Waals surface area contributed by atoms with Crippen molar-refractivity contribution in [3.05, 3.63) is 66.5 Å². The van der Waals surface area contributed by atoms with Crippen LogP contribution in [-0.2, 0) is 0 Å². The smallest absolute Gasteiger partial charge is 0.163 e. The minimum Gasteiger partial charge on any atom is -0.307 e. The summed E-state index contributed by atoms with van der Waals surface area (Å²) in [5, 5.41) is 7.71. The SMILES string of the molecule is Cc1cccn2ccnc12.Cc1cccn2cnnc12. The Morgan fingerprint density at radius 1 is 0.850 bits per heavy atom. The summed E-state index contributed by atoms with van der Waals surface area (Å²) in [5.74, 6) is 0. The quantitative estimate of drug-likeness (QED) is 0.491. The Bertz CT molecular complexity index is 771. The van der Waals surface area contributed by atoms with Gasteiger partial charge in [0.05, 0.1) is 0 Å². The summed E-state index contributed by atoms with van der Waals surface area (Å²) in [6, 6.07) is 8.07. The second kappa shape index (κ2) is 5.13. The first-order valence-electron chi connectivity index (χ1n) is 6.39. The molecule has 0 N–H and O–H groups in total. The van der Waals surface area contributed by atoms with Gasteiger partial charge in [-0.25, -0.2) is 4.98 Å². The fourth-order valence-electron chi connectivity index (χ4n) is 2.08. The predicted molar refractivity (Wildman–Crippen MR) is 77.7 cm³/mol. The van der Waals surface area contributed by atoms with Crippen LogP contribution in [0.25, 0.3) is 11.3 Å². The number of pyridine rings is 2. The van der Waals surface area contributed by atoms with Crippen LogP contribution in [0.2, 0.25) is 0 Å². The van der Waals surface area contributed by atoms with E-state index in [-0.39, 0.29) is 0 Å². The summed E-state index contributed by atoms with van der Waals surface area (Å²) in [6.07, 6.45) is 9.38. The first-order chi connectivity index (χ1) is 9.75. The van der Waals surface area contributed by atoms with Gasteiger partial charge in [-0.1, -0.05) is 12.1 Å². The molecule has 0 unspecified atom stereocenters. The van der Waals surface area contributed by atoms with E-state index in [4.69, 9.17) is 0 Å². The molecule has 0 saturated heterocycles. The zero-order valence-corrected chi connectivity index (χ0v) is 11.4. The van der Waals surface area contributed by atoms with Crippen molar-refractivity contribution in [2.24, 2.45) is 0 Å². The minimum atomic E-state index is 0.933. The molecule has 0 aliphatic heterocycles. The van der Waals surface area contributed by atoms with E-state index >= 15 is 0 Å². The molecular formula is C15H15N5. The van der Waals surface area contributed by atoms with Crippen molar-refractivity contribution in [3.8, 4) is 0 Å². The highest BCUT2D eigenvalue weighted by atomic mass is 15.2. The van der Waals surface area contributed by atoms with E-state index in [1.807, 2.05) is 58.7 Å². The average molecular weight is 265 g/mol. The van der Waals surface area contributed by atoms with Gasteiger partial charge in [0.15, 0.2) is 5.65 Å². The largest absolute Gasteiger partial charge is 0.307 e. The predicted octanol–water partition coefficient (Wildman–Crippen LogP) is 2.68. The molecule has 0 bridgehead atoms. The van der Waals surface area contributed by atoms with Crippen molar-refractivity contribution < 1.29 is 0 Å². The summed E-state index contributed by atoms with van der Waals surface area (Å²) >= 11 is 0. The molecule has 0 amide bonds. The lowest BCUT2D eigenvalue weighted by molar-refractivity contribution is 1.10. The summed E-state index contributed by atoms with van der Waals surface area (Å²) in [5.41, 5.74) is 4.34. The zero-order valence-electron chi connectivity index (χ0n) is 11.4. The van der Waals surface area contributed by atoms with E-state index in [1.54, 1.807) is 6.33 Å². The molecule has 20 heavy (non-hydrogen) atoms. The molecule has 0 radical (unpaired) electrons. The van der Waals surface area contributed by atoms with Crippen LogP contribution in [0, 0.1) is 13.8 Å². The third-order valence-corrected chi connectivity index (χ3v) is 3.13. The number of hydrogen-bond acceptors (Lipinski definition) is 3. The van der Waals surface area contributed by atoms with Gasteiger partial charge in [0.25, 0.3) is 0 Å². The van der Waals surface area contributed by atoms with Crippen molar-refractivity contribution in [2.45, 2.75) is 13.8 Å². The topological polar surface area (TPSA) is 47.5 Å². The number of imidazole rings is 1. The molecule has 0 aromatic carbocycles. The van der Waals surface area contributed by atoms with Gasteiger partial charge in [-0.3, -0.25) is 4.40 Å². The summed E-state index contributed by atoms with van der Waals surface area (Å²) in [7, 11) is 0. The van der Waals surface area contributed by atoms with Crippen LogP contribution < -0.4 is 0 Å². The number of hydrogen-bond donors (Lipinski definition) is 0. The number of aryl methyl sites for hydroxylation is 2. The monoisotopic (exact) mass is 265 g/mol. The Morgan fingerprint density at radius 3 is 2.25 bits per heavy atom. The van der Waals surface area contributed by atoms with Crippen molar-refractivity contribution >= 4 is 11.3 Å². The molecule has 4 aromatic rings. The fraction of sp³-hybridized carbons (Fsp3) is 0.133. The molecule has 0 fully saturated rings. The Labute approximate surface area is 116 Å². The highest BCUT2D eigenvalue weighted by Crippen LogP contribution is 2.05. The van der Waals surface area contributed by atoms with Gasteiger partial charge in [0.2, 0.25) is 0 Å². The highest BCUT2D eigenvalue weighted by molar-refractivity contribution is 5.46. The molecule has 0 atom stereocenters. The molecule has 100 valence electrons. The standard InChI is InChI=1S/C8H8N2.C7H7N3/c1-7-3-2-5-10-6-4-9-8(7)10;1-6-3-2-4-10-5-8-9-7(6)10/h2-6H,1H3;2-5H,1H3. The van der Waals surface area contributed by atoms with E-state index < -0.39 is 0 Å². The van der Waals surface area contributed by atoms with Crippen LogP contribution in [0.5, 0.6) is 0 Å². The van der Waals surface area contributed by atoms with Gasteiger partial charge in [-0.15, -0.1) is 10.2 Å². The lowest BCUT2D eigenvalue weighted by atomic mass is 10.3. The highest BCUT2D eigenvalue weighted by Gasteiger charge is 1.95. The lowest BCUT2D eigenvalue weighted by Gasteiger charge is -1.94. The van der Waals surface area contributed by atoms with Crippen LogP contribution >= 0.6 is 0 Å². The van der Waals surface area contributed by atoms with E-state index in [0.717, 1.165) is 16.9 Å². The molecule has 0 saturated carbocycles. The van der Waals surface area contributed by atoms with Crippen LogP contribution in [0.1, 0.15) is 11.1 Å². The Hall–Kier alpha value is -2.69. The van der Waals surface area contributed by atoms with E-state index in [0.29, 0.717) is 0 Å². The van der Waals surface area contributed by atoms with Gasteiger partial charge >= 0.3 is 0 Å². The molecule has 0 spiro atoms. The third kappa shape index (κ3) is 2.25. The number of nitrogens with zero attached hydrogens (tertiary/aromatic N) is 5. The number of fused-ring (bicyclic) bond motifs is 2. The van der Waals surface area contributed by atoms with Crippen LogP contribution in [-0.4, -0.2) is 24.0 Å². The summed E-state index contributed by atoms with van der Waals surface area (Å²) in [6.45, 7) is 4.08. The van der Waals surface area contributed by atoms with Gasteiger partial charge in [0.1, 0.15) is 12.0 Å².